The number of amides is 1. The molecule has 2 N–H and O–H groups in total. The van der Waals surface area contributed by atoms with Crippen molar-refractivity contribution in [3.63, 3.8) is 0 Å². The third kappa shape index (κ3) is 3.99. The maximum absolute atomic E-state index is 13.8. The minimum Gasteiger partial charge on any atom is -0.494 e. The molecule has 2 unspecified atom stereocenters. The van der Waals surface area contributed by atoms with Gasteiger partial charge in [0.1, 0.15) is 11.3 Å². The lowest BCUT2D eigenvalue weighted by Crippen LogP contribution is -2.41. The second-order valence-corrected chi connectivity index (χ2v) is 13.0. The zero-order valence-electron chi connectivity index (χ0n) is 25.3. The average Bonchev–Trinajstić information content (AvgIpc) is 3.33. The van der Waals surface area contributed by atoms with Gasteiger partial charge in [-0.3, -0.25) is 4.79 Å². The van der Waals surface area contributed by atoms with Crippen LogP contribution < -0.4 is 10.5 Å². The summed E-state index contributed by atoms with van der Waals surface area (Å²) in [6.45, 7) is 3.89. The Bertz CT molecular complexity index is 2010. The zero-order chi connectivity index (χ0) is 30.3. The monoisotopic (exact) mass is 584 g/mol. The summed E-state index contributed by atoms with van der Waals surface area (Å²) < 4.78 is 10.4. The third-order valence-electron chi connectivity index (χ3n) is 10.5. The van der Waals surface area contributed by atoms with Crippen LogP contribution in [-0.2, 0) is 13.6 Å². The lowest BCUT2D eigenvalue weighted by Gasteiger charge is -2.27. The Morgan fingerprint density at radius 3 is 2.59 bits per heavy atom. The predicted octanol–water partition coefficient (Wildman–Crippen LogP) is 5.96. The van der Waals surface area contributed by atoms with Gasteiger partial charge in [-0.1, -0.05) is 43.3 Å². The molecule has 0 radical (unpaired) electrons. The topological polar surface area (TPSA) is 102 Å². The third-order valence-corrected chi connectivity index (χ3v) is 10.5. The van der Waals surface area contributed by atoms with Crippen LogP contribution >= 0.6 is 0 Å². The van der Waals surface area contributed by atoms with Crippen molar-refractivity contribution in [3.8, 4) is 34.5 Å². The highest BCUT2D eigenvalue weighted by atomic mass is 16.5. The average molecular weight is 585 g/mol. The van der Waals surface area contributed by atoms with Crippen LogP contribution in [0.4, 0.5) is 0 Å². The van der Waals surface area contributed by atoms with Crippen LogP contribution in [0.15, 0.2) is 60.7 Å². The van der Waals surface area contributed by atoms with Crippen LogP contribution in [0.3, 0.4) is 0 Å². The van der Waals surface area contributed by atoms with Gasteiger partial charge in [0.05, 0.1) is 35.5 Å². The molecular formula is C36H36N6O2. The van der Waals surface area contributed by atoms with Crippen molar-refractivity contribution in [1.29, 1.82) is 5.26 Å². The number of hydrogen-bond donors (Lipinski definition) is 1. The first-order valence-corrected chi connectivity index (χ1v) is 15.6. The molecule has 44 heavy (non-hydrogen) atoms. The molecule has 8 rings (SSSR count). The molecule has 3 heterocycles. The van der Waals surface area contributed by atoms with E-state index in [1.54, 1.807) is 7.11 Å². The van der Waals surface area contributed by atoms with E-state index >= 15 is 0 Å². The van der Waals surface area contributed by atoms with E-state index in [1.165, 1.54) is 6.42 Å². The normalized spacial score (nSPS) is 23.9. The van der Waals surface area contributed by atoms with Gasteiger partial charge in [0.2, 0.25) is 0 Å². The number of nitrogens with two attached hydrogens (primary N) is 1. The minimum absolute atomic E-state index is 0.00214. The van der Waals surface area contributed by atoms with Gasteiger partial charge < -0.3 is 24.5 Å². The highest BCUT2D eigenvalue weighted by Crippen LogP contribution is 2.44. The van der Waals surface area contributed by atoms with Gasteiger partial charge >= 0.3 is 0 Å². The summed E-state index contributed by atoms with van der Waals surface area (Å²) in [7, 11) is 3.66. The summed E-state index contributed by atoms with van der Waals surface area (Å²) >= 11 is 0. The Hall–Kier alpha value is -4.61. The number of benzene rings is 3. The summed E-state index contributed by atoms with van der Waals surface area (Å²) in [5.74, 6) is 3.08. The van der Waals surface area contributed by atoms with Crippen molar-refractivity contribution in [1.82, 2.24) is 19.0 Å². The fourth-order valence-corrected chi connectivity index (χ4v) is 7.89. The van der Waals surface area contributed by atoms with E-state index in [9.17, 15) is 10.1 Å². The second-order valence-electron chi connectivity index (χ2n) is 13.0. The minimum atomic E-state index is -0.00214. The summed E-state index contributed by atoms with van der Waals surface area (Å²) in [6, 6.07) is 22.6. The van der Waals surface area contributed by atoms with E-state index in [0.717, 1.165) is 70.5 Å². The molecular weight excluding hydrogens is 548 g/mol. The Balaban J connectivity index is 1.29. The van der Waals surface area contributed by atoms with Crippen molar-refractivity contribution < 1.29 is 9.53 Å². The number of aryl methyl sites for hydroxylation is 1. The number of ether oxygens (including phenoxy) is 1. The number of rotatable bonds is 6. The number of hydrogen-bond acceptors (Lipinski definition) is 5. The van der Waals surface area contributed by atoms with Gasteiger partial charge in [0.25, 0.3) is 5.91 Å². The van der Waals surface area contributed by atoms with Crippen molar-refractivity contribution in [3.05, 3.63) is 71.8 Å². The van der Waals surface area contributed by atoms with Crippen LogP contribution in [0.1, 0.15) is 42.1 Å². The van der Waals surface area contributed by atoms with Crippen molar-refractivity contribution >= 4 is 27.8 Å². The first-order valence-electron chi connectivity index (χ1n) is 15.6. The lowest BCUT2D eigenvalue weighted by atomic mass is 9.98. The molecule has 1 saturated heterocycles. The van der Waals surface area contributed by atoms with Gasteiger partial charge in [-0.15, -0.1) is 0 Å². The van der Waals surface area contributed by atoms with Gasteiger partial charge in [0, 0.05) is 54.3 Å². The van der Waals surface area contributed by atoms with Gasteiger partial charge in [0.15, 0.2) is 5.82 Å². The molecule has 2 aromatic heterocycles. The number of likely N-dealkylation sites (tertiary alicyclic amines) is 1. The molecule has 1 amide bonds. The fraction of sp³-hybridized carbons (Fsp3) is 0.361. The number of fused-ring (bicyclic) bond motifs is 4. The SMILES string of the molecule is COc1cc(C(=O)N2C[C@H]3CC[C@@H]2[C@@H]3N)cc2nc(-c3cc4cccc(-c5ccccc5C#N)c4n3CC3CC3C)n(C)c12. The van der Waals surface area contributed by atoms with Crippen molar-refractivity contribution in [2.75, 3.05) is 13.7 Å². The van der Waals surface area contributed by atoms with Crippen molar-refractivity contribution in [2.45, 2.75) is 44.8 Å². The lowest BCUT2D eigenvalue weighted by molar-refractivity contribution is 0.0700. The maximum Gasteiger partial charge on any atom is 0.254 e. The Labute approximate surface area is 256 Å². The molecule has 0 spiro atoms. The van der Waals surface area contributed by atoms with E-state index in [2.05, 4.69) is 46.4 Å². The second kappa shape index (κ2) is 9.96. The maximum atomic E-state index is 13.8. The van der Waals surface area contributed by atoms with Crippen LogP contribution in [-0.4, -0.2) is 50.7 Å². The molecule has 3 aliphatic rings. The standard InChI is InChI=1S/C36H36N6O2/c1-20-13-25(20)19-41-30(15-21-8-6-10-27(33(21)41)26-9-5-4-7-22(26)17-37)35-39-28-14-24(16-31(44-3)34(28)40(35)2)36(43)42-18-23-11-12-29(42)32(23)38/h4-10,14-16,20,23,25,29,32H,11-13,18-19,38H2,1-3H3/t20?,23-,25?,29-,32-/m1/s1. The van der Waals surface area contributed by atoms with Gasteiger partial charge in [-0.2, -0.15) is 5.26 Å². The Morgan fingerprint density at radius 1 is 1.09 bits per heavy atom. The summed E-state index contributed by atoms with van der Waals surface area (Å²) in [4.78, 5) is 20.9. The van der Waals surface area contributed by atoms with Crippen LogP contribution in [0.5, 0.6) is 5.75 Å². The molecule has 8 nitrogen and oxygen atoms in total. The number of piperidine rings is 1. The zero-order valence-corrected chi connectivity index (χ0v) is 25.3. The van der Waals surface area contributed by atoms with Crippen LogP contribution in [0.25, 0.3) is 44.6 Å². The number of methoxy groups -OCH3 is 1. The number of para-hydroxylation sites is 1. The largest absolute Gasteiger partial charge is 0.494 e. The molecule has 2 bridgehead atoms. The number of imidazole rings is 1. The number of nitrogens with zero attached hydrogens (tertiary/aromatic N) is 5. The molecule has 1 aliphatic heterocycles. The predicted molar refractivity (Wildman–Crippen MR) is 171 cm³/mol. The number of carbonyl (C=O) groups excluding carboxylic acids is 1. The highest BCUT2D eigenvalue weighted by Gasteiger charge is 2.47. The number of nitriles is 1. The number of carbonyl (C=O) groups is 1. The summed E-state index contributed by atoms with van der Waals surface area (Å²) in [5, 5.41) is 11.0. The van der Waals surface area contributed by atoms with Gasteiger partial charge in [-0.05, 0) is 61.3 Å². The quantitative estimate of drug-likeness (QED) is 0.265. The van der Waals surface area contributed by atoms with Crippen LogP contribution in [0, 0.1) is 29.1 Å². The number of aromatic nitrogens is 3. The van der Waals surface area contributed by atoms with Gasteiger partial charge in [-0.25, -0.2) is 4.98 Å². The first-order chi connectivity index (χ1) is 21.4. The summed E-state index contributed by atoms with van der Waals surface area (Å²) in [6.07, 6.45) is 3.26. The van der Waals surface area contributed by atoms with Crippen LogP contribution in [0.2, 0.25) is 0 Å². The van der Waals surface area contributed by atoms with E-state index < -0.39 is 0 Å². The highest BCUT2D eigenvalue weighted by molar-refractivity contribution is 6.02. The molecule has 8 heteroatoms. The Kier molecular flexibility index (Phi) is 6.11. The molecule has 2 saturated carbocycles. The molecule has 3 fully saturated rings. The Morgan fingerprint density at radius 2 is 1.89 bits per heavy atom. The van der Waals surface area contributed by atoms with E-state index in [1.807, 2.05) is 48.3 Å². The van der Waals surface area contributed by atoms with E-state index in [0.29, 0.717) is 34.6 Å². The smallest absolute Gasteiger partial charge is 0.254 e. The molecule has 222 valence electrons. The molecule has 5 atom stereocenters. The molecule has 3 aromatic carbocycles. The summed E-state index contributed by atoms with van der Waals surface area (Å²) in [5.41, 5.74) is 13.3. The molecule has 5 aromatic rings. The molecule has 2 aliphatic carbocycles. The first kappa shape index (κ1) is 27.0. The van der Waals surface area contributed by atoms with E-state index in [-0.39, 0.29) is 18.0 Å². The fourth-order valence-electron chi connectivity index (χ4n) is 7.89. The van der Waals surface area contributed by atoms with Crippen molar-refractivity contribution in [2.24, 2.45) is 30.5 Å². The van der Waals surface area contributed by atoms with E-state index in [4.69, 9.17) is 15.5 Å².